The first-order chi connectivity index (χ1) is 10.7. The van der Waals surface area contributed by atoms with Gasteiger partial charge in [-0.2, -0.15) is 0 Å². The van der Waals surface area contributed by atoms with Crippen LogP contribution in [-0.2, 0) is 11.3 Å². The van der Waals surface area contributed by atoms with Crippen LogP contribution >= 0.6 is 0 Å². The van der Waals surface area contributed by atoms with Gasteiger partial charge in [0, 0.05) is 13.1 Å². The largest absolute Gasteiger partial charge is 0.459 e. The minimum atomic E-state index is -0.0476. The Kier molecular flexibility index (Phi) is 4.59. The third-order valence-electron chi connectivity index (χ3n) is 4.00. The van der Waals surface area contributed by atoms with Gasteiger partial charge in [-0.3, -0.25) is 4.79 Å². The van der Waals surface area contributed by atoms with E-state index < -0.39 is 0 Å². The number of amides is 1. The standard InChI is InChI=1S/C18H21NO3/c1-14-6-8-15(9-7-14)13-22-16-4-2-10-19(12-16)18(20)17-5-3-11-21-17/h3,5-9,11,16H,2,4,10,12-13H2,1H3/t16-/m1/s1. The van der Waals surface area contributed by atoms with Crippen molar-refractivity contribution in [3.05, 3.63) is 59.5 Å². The number of furan rings is 1. The van der Waals surface area contributed by atoms with Crippen LogP contribution in [0.4, 0.5) is 0 Å². The Labute approximate surface area is 130 Å². The van der Waals surface area contributed by atoms with E-state index in [1.807, 2.05) is 4.90 Å². The molecule has 4 heteroatoms. The third-order valence-corrected chi connectivity index (χ3v) is 4.00. The molecule has 1 aliphatic rings. The van der Waals surface area contributed by atoms with E-state index in [1.165, 1.54) is 17.4 Å². The molecular formula is C18H21NO3. The average molecular weight is 299 g/mol. The van der Waals surface area contributed by atoms with Gasteiger partial charge in [-0.05, 0) is 37.5 Å². The molecule has 1 saturated heterocycles. The van der Waals surface area contributed by atoms with E-state index in [9.17, 15) is 4.79 Å². The van der Waals surface area contributed by atoms with Crippen molar-refractivity contribution in [2.45, 2.75) is 32.5 Å². The molecule has 1 aliphatic heterocycles. The zero-order valence-electron chi connectivity index (χ0n) is 12.8. The SMILES string of the molecule is Cc1ccc(CO[C@@H]2CCCN(C(=O)c3ccco3)C2)cc1. The number of aryl methyl sites for hydroxylation is 1. The van der Waals surface area contributed by atoms with Gasteiger partial charge in [-0.15, -0.1) is 0 Å². The predicted molar refractivity (Wildman–Crippen MR) is 83.6 cm³/mol. The molecule has 3 rings (SSSR count). The monoisotopic (exact) mass is 299 g/mol. The smallest absolute Gasteiger partial charge is 0.289 e. The van der Waals surface area contributed by atoms with Crippen molar-refractivity contribution in [2.24, 2.45) is 0 Å². The van der Waals surface area contributed by atoms with E-state index in [1.54, 1.807) is 12.1 Å². The molecule has 0 N–H and O–H groups in total. The summed E-state index contributed by atoms with van der Waals surface area (Å²) in [5.41, 5.74) is 2.41. The number of nitrogens with zero attached hydrogens (tertiary/aromatic N) is 1. The number of ether oxygens (including phenoxy) is 1. The molecule has 1 amide bonds. The number of carbonyl (C=O) groups is 1. The Morgan fingerprint density at radius 2 is 2.14 bits per heavy atom. The van der Waals surface area contributed by atoms with Crippen LogP contribution in [0, 0.1) is 6.92 Å². The lowest BCUT2D eigenvalue weighted by molar-refractivity contribution is -0.00753. The first kappa shape index (κ1) is 14.9. The normalized spacial score (nSPS) is 18.4. The van der Waals surface area contributed by atoms with Crippen molar-refractivity contribution in [3.8, 4) is 0 Å². The highest BCUT2D eigenvalue weighted by Gasteiger charge is 2.26. The lowest BCUT2D eigenvalue weighted by Crippen LogP contribution is -2.43. The maximum Gasteiger partial charge on any atom is 0.289 e. The summed E-state index contributed by atoms with van der Waals surface area (Å²) in [6.07, 6.45) is 3.58. The summed E-state index contributed by atoms with van der Waals surface area (Å²) in [5.74, 6) is 0.354. The van der Waals surface area contributed by atoms with Crippen LogP contribution in [0.25, 0.3) is 0 Å². The summed E-state index contributed by atoms with van der Waals surface area (Å²) >= 11 is 0. The molecule has 1 fully saturated rings. The van der Waals surface area contributed by atoms with Gasteiger partial charge >= 0.3 is 0 Å². The summed E-state index contributed by atoms with van der Waals surface area (Å²) in [5, 5.41) is 0. The van der Waals surface area contributed by atoms with Crippen LogP contribution in [0.3, 0.4) is 0 Å². The molecule has 0 radical (unpaired) electrons. The average Bonchev–Trinajstić information content (AvgIpc) is 3.08. The van der Waals surface area contributed by atoms with Gasteiger partial charge in [0.25, 0.3) is 5.91 Å². The summed E-state index contributed by atoms with van der Waals surface area (Å²) in [6, 6.07) is 11.8. The molecule has 0 unspecified atom stereocenters. The number of hydrogen-bond donors (Lipinski definition) is 0. The van der Waals surface area contributed by atoms with Gasteiger partial charge in [0.05, 0.1) is 19.0 Å². The minimum absolute atomic E-state index is 0.0476. The maximum absolute atomic E-state index is 12.3. The van der Waals surface area contributed by atoms with Gasteiger partial charge in [-0.25, -0.2) is 0 Å². The van der Waals surface area contributed by atoms with Gasteiger partial charge in [0.1, 0.15) is 0 Å². The number of piperidine rings is 1. The molecule has 2 aromatic rings. The topological polar surface area (TPSA) is 42.7 Å². The van der Waals surface area contributed by atoms with Crippen molar-refractivity contribution < 1.29 is 13.9 Å². The fourth-order valence-corrected chi connectivity index (χ4v) is 2.71. The number of hydrogen-bond acceptors (Lipinski definition) is 3. The first-order valence-corrected chi connectivity index (χ1v) is 7.72. The molecule has 2 heterocycles. The minimum Gasteiger partial charge on any atom is -0.459 e. The summed E-state index contributed by atoms with van der Waals surface area (Å²) in [4.78, 5) is 14.1. The van der Waals surface area contributed by atoms with Crippen molar-refractivity contribution in [1.82, 2.24) is 4.90 Å². The predicted octanol–water partition coefficient (Wildman–Crippen LogP) is 3.41. The fourth-order valence-electron chi connectivity index (χ4n) is 2.71. The number of rotatable bonds is 4. The van der Waals surface area contributed by atoms with Crippen LogP contribution in [-0.4, -0.2) is 30.0 Å². The second kappa shape index (κ2) is 6.79. The molecule has 22 heavy (non-hydrogen) atoms. The molecule has 4 nitrogen and oxygen atoms in total. The van der Waals surface area contributed by atoms with E-state index in [0.29, 0.717) is 18.9 Å². The molecular weight excluding hydrogens is 278 g/mol. The zero-order chi connectivity index (χ0) is 15.4. The number of likely N-dealkylation sites (tertiary alicyclic amines) is 1. The highest BCUT2D eigenvalue weighted by atomic mass is 16.5. The third kappa shape index (κ3) is 3.57. The summed E-state index contributed by atoms with van der Waals surface area (Å²) in [7, 11) is 0. The Bertz CT molecular complexity index is 604. The quantitative estimate of drug-likeness (QED) is 0.869. The molecule has 0 spiro atoms. The molecule has 0 aliphatic carbocycles. The van der Waals surface area contributed by atoms with Crippen LogP contribution < -0.4 is 0 Å². The van der Waals surface area contributed by atoms with E-state index in [4.69, 9.17) is 9.15 Å². The van der Waals surface area contributed by atoms with Crippen LogP contribution in [0.15, 0.2) is 47.1 Å². The Morgan fingerprint density at radius 3 is 2.86 bits per heavy atom. The van der Waals surface area contributed by atoms with Crippen molar-refractivity contribution >= 4 is 5.91 Å². The highest BCUT2D eigenvalue weighted by molar-refractivity contribution is 5.91. The number of carbonyl (C=O) groups excluding carboxylic acids is 1. The van der Waals surface area contributed by atoms with Gasteiger partial charge in [0.15, 0.2) is 5.76 Å². The fraction of sp³-hybridized carbons (Fsp3) is 0.389. The van der Waals surface area contributed by atoms with E-state index >= 15 is 0 Å². The summed E-state index contributed by atoms with van der Waals surface area (Å²) < 4.78 is 11.2. The van der Waals surface area contributed by atoms with Crippen molar-refractivity contribution in [3.63, 3.8) is 0 Å². The zero-order valence-corrected chi connectivity index (χ0v) is 12.8. The molecule has 116 valence electrons. The molecule has 0 saturated carbocycles. The van der Waals surface area contributed by atoms with E-state index in [2.05, 4.69) is 31.2 Å². The van der Waals surface area contributed by atoms with E-state index in [0.717, 1.165) is 19.4 Å². The van der Waals surface area contributed by atoms with Gasteiger partial charge in [0.2, 0.25) is 0 Å². The Balaban J connectivity index is 1.54. The summed E-state index contributed by atoms with van der Waals surface area (Å²) in [6.45, 7) is 4.06. The molecule has 1 aromatic heterocycles. The van der Waals surface area contributed by atoms with Crippen LogP contribution in [0.1, 0.15) is 34.5 Å². The van der Waals surface area contributed by atoms with E-state index in [-0.39, 0.29) is 12.0 Å². The van der Waals surface area contributed by atoms with Gasteiger partial charge in [-0.1, -0.05) is 29.8 Å². The molecule has 0 bridgehead atoms. The Hall–Kier alpha value is -2.07. The van der Waals surface area contributed by atoms with Crippen molar-refractivity contribution in [1.29, 1.82) is 0 Å². The second-order valence-electron chi connectivity index (χ2n) is 5.79. The van der Waals surface area contributed by atoms with Crippen molar-refractivity contribution in [2.75, 3.05) is 13.1 Å². The van der Waals surface area contributed by atoms with Crippen LogP contribution in [0.2, 0.25) is 0 Å². The Morgan fingerprint density at radius 1 is 1.32 bits per heavy atom. The first-order valence-electron chi connectivity index (χ1n) is 7.72. The lowest BCUT2D eigenvalue weighted by atomic mass is 10.1. The second-order valence-corrected chi connectivity index (χ2v) is 5.79. The van der Waals surface area contributed by atoms with Crippen LogP contribution in [0.5, 0.6) is 0 Å². The molecule has 1 atom stereocenters. The van der Waals surface area contributed by atoms with Gasteiger partial charge < -0.3 is 14.1 Å². The maximum atomic E-state index is 12.3. The number of benzene rings is 1. The highest BCUT2D eigenvalue weighted by Crippen LogP contribution is 2.18. The molecule has 1 aromatic carbocycles. The lowest BCUT2D eigenvalue weighted by Gasteiger charge is -2.32.